The summed E-state index contributed by atoms with van der Waals surface area (Å²) in [6, 6.07) is 5.25. The van der Waals surface area contributed by atoms with Crippen molar-refractivity contribution in [3.63, 3.8) is 0 Å². The van der Waals surface area contributed by atoms with Crippen molar-refractivity contribution in [3.05, 3.63) is 35.6 Å². The van der Waals surface area contributed by atoms with Crippen molar-refractivity contribution in [2.45, 2.75) is 25.5 Å². The van der Waals surface area contributed by atoms with Crippen LogP contribution in [0, 0.1) is 5.82 Å². The van der Waals surface area contributed by atoms with Gasteiger partial charge in [-0.2, -0.15) is 0 Å². The second kappa shape index (κ2) is 5.00. The normalized spacial score (nSPS) is 14.7. The first-order valence-electron chi connectivity index (χ1n) is 4.69. The number of nitrogens with two attached hydrogens (primary N) is 1. The number of hydrogen-bond donors (Lipinski definition) is 2. The molecule has 82 valence electrons. The van der Waals surface area contributed by atoms with Crippen molar-refractivity contribution < 1.29 is 14.3 Å². The zero-order valence-electron chi connectivity index (χ0n) is 8.48. The molecule has 0 spiro atoms. The van der Waals surface area contributed by atoms with Crippen LogP contribution in [0.5, 0.6) is 0 Å². The molecule has 1 rings (SSSR count). The summed E-state index contributed by atoms with van der Waals surface area (Å²) in [6.07, 6.45) is -0.910. The molecule has 0 bridgehead atoms. The van der Waals surface area contributed by atoms with E-state index in [-0.39, 0.29) is 18.0 Å². The van der Waals surface area contributed by atoms with Crippen molar-refractivity contribution in [3.8, 4) is 0 Å². The van der Waals surface area contributed by atoms with E-state index >= 15 is 0 Å². The summed E-state index contributed by atoms with van der Waals surface area (Å²) in [6.45, 7) is 1.27. The molecule has 1 aromatic carbocycles. The second-order valence-corrected chi connectivity index (χ2v) is 3.55. The zero-order chi connectivity index (χ0) is 11.4. The Labute approximate surface area is 87.7 Å². The van der Waals surface area contributed by atoms with E-state index in [1.54, 1.807) is 12.1 Å². The quantitative estimate of drug-likeness (QED) is 0.768. The maximum Gasteiger partial charge on any atom is 0.159 e. The number of aliphatic hydroxyl groups excluding tert-OH is 1. The van der Waals surface area contributed by atoms with Crippen molar-refractivity contribution in [2.75, 3.05) is 0 Å². The van der Waals surface area contributed by atoms with Crippen LogP contribution in [0.15, 0.2) is 24.3 Å². The Hall–Kier alpha value is -1.26. The van der Waals surface area contributed by atoms with Gasteiger partial charge in [-0.1, -0.05) is 12.1 Å². The van der Waals surface area contributed by atoms with Crippen molar-refractivity contribution in [2.24, 2.45) is 5.73 Å². The molecule has 0 radical (unpaired) electrons. The van der Waals surface area contributed by atoms with Gasteiger partial charge < -0.3 is 10.8 Å². The maximum absolute atomic E-state index is 12.8. The lowest BCUT2D eigenvalue weighted by molar-refractivity contribution is -0.125. The van der Waals surface area contributed by atoms with Crippen molar-refractivity contribution in [1.29, 1.82) is 0 Å². The van der Waals surface area contributed by atoms with Crippen molar-refractivity contribution >= 4 is 5.78 Å². The summed E-state index contributed by atoms with van der Waals surface area (Å²) in [5.74, 6) is -0.726. The molecule has 0 aliphatic carbocycles. The Bertz CT molecular complexity index is 354. The Kier molecular flexibility index (Phi) is 3.94. The standard InChI is InChI=1S/C11H14FNO2/c1-7(14)11(15)10(13)6-8-3-2-4-9(12)5-8/h2-5,10-11,15H,6,13H2,1H3. The van der Waals surface area contributed by atoms with Crippen LogP contribution in [-0.2, 0) is 11.2 Å². The largest absolute Gasteiger partial charge is 0.384 e. The van der Waals surface area contributed by atoms with Gasteiger partial charge in [-0.3, -0.25) is 4.79 Å². The molecule has 3 nitrogen and oxygen atoms in total. The zero-order valence-corrected chi connectivity index (χ0v) is 8.48. The van der Waals surface area contributed by atoms with Gasteiger partial charge in [0.2, 0.25) is 0 Å². The number of benzene rings is 1. The van der Waals surface area contributed by atoms with E-state index in [0.717, 1.165) is 0 Å². The van der Waals surface area contributed by atoms with E-state index < -0.39 is 12.1 Å². The van der Waals surface area contributed by atoms with Crippen LogP contribution in [0.25, 0.3) is 0 Å². The number of aliphatic hydroxyl groups is 1. The highest BCUT2D eigenvalue weighted by atomic mass is 19.1. The van der Waals surface area contributed by atoms with Crippen LogP contribution in [-0.4, -0.2) is 23.0 Å². The average molecular weight is 211 g/mol. The number of rotatable bonds is 4. The first-order valence-corrected chi connectivity index (χ1v) is 4.69. The second-order valence-electron chi connectivity index (χ2n) is 3.55. The molecule has 2 unspecified atom stereocenters. The van der Waals surface area contributed by atoms with Gasteiger partial charge in [0.15, 0.2) is 5.78 Å². The Morgan fingerprint density at radius 2 is 2.27 bits per heavy atom. The van der Waals surface area contributed by atoms with Crippen LogP contribution in [0.1, 0.15) is 12.5 Å². The lowest BCUT2D eigenvalue weighted by atomic mass is 10.00. The SMILES string of the molecule is CC(=O)C(O)C(N)Cc1cccc(F)c1. The van der Waals surface area contributed by atoms with Crippen LogP contribution < -0.4 is 5.73 Å². The fraction of sp³-hybridized carbons (Fsp3) is 0.364. The van der Waals surface area contributed by atoms with Gasteiger partial charge in [0.25, 0.3) is 0 Å². The molecule has 4 heteroatoms. The molecule has 0 saturated heterocycles. The third-order valence-electron chi connectivity index (χ3n) is 2.18. The van der Waals surface area contributed by atoms with Crippen LogP contribution >= 0.6 is 0 Å². The van der Waals surface area contributed by atoms with E-state index in [0.29, 0.717) is 5.56 Å². The first-order chi connectivity index (χ1) is 7.00. The number of hydrogen-bond acceptors (Lipinski definition) is 3. The molecule has 2 atom stereocenters. The van der Waals surface area contributed by atoms with E-state index in [1.807, 2.05) is 0 Å². The van der Waals surface area contributed by atoms with Crippen LogP contribution in [0.2, 0.25) is 0 Å². The molecular formula is C11H14FNO2. The lowest BCUT2D eigenvalue weighted by Gasteiger charge is -2.16. The minimum atomic E-state index is -1.19. The molecule has 0 saturated carbocycles. The van der Waals surface area contributed by atoms with E-state index in [4.69, 9.17) is 5.73 Å². The topological polar surface area (TPSA) is 63.3 Å². The molecule has 3 N–H and O–H groups in total. The summed E-state index contributed by atoms with van der Waals surface area (Å²) in [5, 5.41) is 9.36. The highest BCUT2D eigenvalue weighted by Gasteiger charge is 2.19. The molecular weight excluding hydrogens is 197 g/mol. The molecule has 0 aromatic heterocycles. The number of Topliss-reactive ketones (excluding diaryl/α,β-unsaturated/α-hetero) is 1. The molecule has 0 amide bonds. The van der Waals surface area contributed by atoms with Gasteiger partial charge >= 0.3 is 0 Å². The highest BCUT2D eigenvalue weighted by Crippen LogP contribution is 2.07. The predicted molar refractivity (Wildman–Crippen MR) is 54.8 cm³/mol. The molecule has 15 heavy (non-hydrogen) atoms. The lowest BCUT2D eigenvalue weighted by Crippen LogP contribution is -2.41. The molecule has 0 fully saturated rings. The van der Waals surface area contributed by atoms with Gasteiger partial charge in [-0.15, -0.1) is 0 Å². The fourth-order valence-corrected chi connectivity index (χ4v) is 1.35. The minimum absolute atomic E-state index is 0.276. The molecule has 0 heterocycles. The van der Waals surface area contributed by atoms with Gasteiger partial charge in [0, 0.05) is 6.04 Å². The van der Waals surface area contributed by atoms with Gasteiger partial charge in [0.1, 0.15) is 11.9 Å². The monoisotopic (exact) mass is 211 g/mol. The predicted octanol–water partition coefficient (Wildman–Crippen LogP) is 0.645. The van der Waals surface area contributed by atoms with Crippen LogP contribution in [0.4, 0.5) is 4.39 Å². The number of ketones is 1. The minimum Gasteiger partial charge on any atom is -0.384 e. The van der Waals surface area contributed by atoms with E-state index in [9.17, 15) is 14.3 Å². The fourth-order valence-electron chi connectivity index (χ4n) is 1.35. The summed E-state index contributed by atoms with van der Waals surface area (Å²) >= 11 is 0. The molecule has 0 aliphatic heterocycles. The van der Waals surface area contributed by atoms with E-state index in [2.05, 4.69) is 0 Å². The highest BCUT2D eigenvalue weighted by molar-refractivity contribution is 5.80. The number of carbonyl (C=O) groups is 1. The number of carbonyl (C=O) groups excluding carboxylic acids is 1. The van der Waals surface area contributed by atoms with E-state index in [1.165, 1.54) is 19.1 Å². The molecule has 1 aromatic rings. The van der Waals surface area contributed by atoms with Gasteiger partial charge in [-0.05, 0) is 31.0 Å². The summed E-state index contributed by atoms with van der Waals surface area (Å²) < 4.78 is 12.8. The maximum atomic E-state index is 12.8. The Morgan fingerprint density at radius 3 is 2.80 bits per heavy atom. The number of halogens is 1. The summed E-state index contributed by atoms with van der Waals surface area (Å²) in [7, 11) is 0. The summed E-state index contributed by atoms with van der Waals surface area (Å²) in [4.78, 5) is 10.8. The van der Waals surface area contributed by atoms with Gasteiger partial charge in [-0.25, -0.2) is 4.39 Å². The smallest absolute Gasteiger partial charge is 0.159 e. The first kappa shape index (κ1) is 11.8. The Balaban J connectivity index is 2.66. The average Bonchev–Trinajstić information content (AvgIpc) is 2.16. The van der Waals surface area contributed by atoms with Crippen molar-refractivity contribution in [1.82, 2.24) is 0 Å². The summed E-state index contributed by atoms with van der Waals surface area (Å²) in [5.41, 5.74) is 6.28. The molecule has 0 aliphatic rings. The third kappa shape index (κ3) is 3.42. The Morgan fingerprint density at radius 1 is 1.60 bits per heavy atom. The van der Waals surface area contributed by atoms with Gasteiger partial charge in [0.05, 0.1) is 0 Å². The van der Waals surface area contributed by atoms with Crippen LogP contribution in [0.3, 0.4) is 0 Å². The third-order valence-corrected chi connectivity index (χ3v) is 2.18.